The first-order valence-corrected chi connectivity index (χ1v) is 8.55. The zero-order valence-electron chi connectivity index (χ0n) is 13.1. The third kappa shape index (κ3) is 2.14. The molecular weight excluding hydrogens is 261 g/mol. The van der Waals surface area contributed by atoms with Crippen molar-refractivity contribution >= 4 is 0 Å². The molecule has 4 aliphatic carbocycles. The molecule has 4 fully saturated rings. The van der Waals surface area contributed by atoms with Crippen molar-refractivity contribution in [3.05, 3.63) is 34.6 Å². The van der Waals surface area contributed by atoms with Crippen LogP contribution in [0.5, 0.6) is 0 Å². The Kier molecular flexibility index (Phi) is 3.15. The van der Waals surface area contributed by atoms with E-state index in [2.05, 4.69) is 0 Å². The summed E-state index contributed by atoms with van der Waals surface area (Å²) in [6, 6.07) is 3.40. The summed E-state index contributed by atoms with van der Waals surface area (Å²) < 4.78 is 13.6. The lowest BCUT2D eigenvalue weighted by Gasteiger charge is -2.56. The van der Waals surface area contributed by atoms with Crippen LogP contribution in [0.1, 0.15) is 54.8 Å². The first kappa shape index (κ1) is 13.8. The van der Waals surface area contributed by atoms with Crippen LogP contribution in [0.15, 0.2) is 12.1 Å². The zero-order valence-corrected chi connectivity index (χ0v) is 13.1. The highest BCUT2D eigenvalue weighted by Crippen LogP contribution is 2.59. The van der Waals surface area contributed by atoms with E-state index >= 15 is 0 Å². The summed E-state index contributed by atoms with van der Waals surface area (Å²) in [5.41, 5.74) is 10.0. The fourth-order valence-corrected chi connectivity index (χ4v) is 6.19. The number of nitrogens with two attached hydrogens (primary N) is 1. The molecule has 0 aromatic heterocycles. The van der Waals surface area contributed by atoms with Crippen molar-refractivity contribution in [2.75, 3.05) is 0 Å². The Bertz CT molecular complexity index is 514. The molecule has 4 aliphatic rings. The maximum absolute atomic E-state index is 13.6. The molecule has 2 heteroatoms. The van der Waals surface area contributed by atoms with Crippen LogP contribution in [-0.4, -0.2) is 0 Å². The van der Waals surface area contributed by atoms with Gasteiger partial charge in [0, 0.05) is 6.04 Å². The quantitative estimate of drug-likeness (QED) is 0.850. The molecule has 4 saturated carbocycles. The van der Waals surface area contributed by atoms with Gasteiger partial charge >= 0.3 is 0 Å². The highest BCUT2D eigenvalue weighted by molar-refractivity contribution is 5.37. The van der Waals surface area contributed by atoms with E-state index in [0.717, 1.165) is 34.8 Å². The van der Waals surface area contributed by atoms with Gasteiger partial charge in [-0.3, -0.25) is 0 Å². The lowest BCUT2D eigenvalue weighted by molar-refractivity contribution is -0.0473. The average Bonchev–Trinajstić information content (AvgIpc) is 2.35. The van der Waals surface area contributed by atoms with Crippen LogP contribution in [0.3, 0.4) is 0 Å². The van der Waals surface area contributed by atoms with Crippen LogP contribution in [0, 0.1) is 49.3 Å². The first-order valence-electron chi connectivity index (χ1n) is 8.55. The molecule has 0 heterocycles. The second kappa shape index (κ2) is 4.81. The second-order valence-corrected chi connectivity index (χ2v) is 7.99. The standard InChI is InChI=1S/C19H26FN/c1-10-3-16(20)4-11(2)17(10)19(21)18-14-6-12-5-13(8-14)9-15(18)7-12/h3-4,12-15,18-19H,5-9,21H2,1-2H3. The van der Waals surface area contributed by atoms with Gasteiger partial charge in [0.2, 0.25) is 0 Å². The Morgan fingerprint density at radius 2 is 1.43 bits per heavy atom. The van der Waals surface area contributed by atoms with Crippen molar-refractivity contribution in [1.29, 1.82) is 0 Å². The van der Waals surface area contributed by atoms with E-state index in [4.69, 9.17) is 5.73 Å². The maximum atomic E-state index is 13.6. The summed E-state index contributed by atoms with van der Waals surface area (Å²) in [7, 11) is 0. The molecule has 1 nitrogen and oxygen atoms in total. The molecule has 0 radical (unpaired) electrons. The SMILES string of the molecule is Cc1cc(F)cc(C)c1C(N)C1C2CC3CC(C2)CC1C3. The van der Waals surface area contributed by atoms with Gasteiger partial charge in [-0.15, -0.1) is 0 Å². The Morgan fingerprint density at radius 1 is 0.952 bits per heavy atom. The van der Waals surface area contributed by atoms with Crippen molar-refractivity contribution in [3.8, 4) is 0 Å². The largest absolute Gasteiger partial charge is 0.324 e. The molecule has 114 valence electrons. The van der Waals surface area contributed by atoms with Gasteiger partial charge < -0.3 is 5.73 Å². The van der Waals surface area contributed by atoms with Crippen LogP contribution < -0.4 is 5.73 Å². The molecule has 21 heavy (non-hydrogen) atoms. The molecule has 1 atom stereocenters. The summed E-state index contributed by atoms with van der Waals surface area (Å²) in [5, 5.41) is 0. The van der Waals surface area contributed by atoms with E-state index in [9.17, 15) is 4.39 Å². The molecule has 1 aromatic rings. The van der Waals surface area contributed by atoms with Crippen LogP contribution >= 0.6 is 0 Å². The Labute approximate surface area is 127 Å². The maximum Gasteiger partial charge on any atom is 0.123 e. The van der Waals surface area contributed by atoms with E-state index in [0.29, 0.717) is 5.92 Å². The van der Waals surface area contributed by atoms with Crippen molar-refractivity contribution in [2.45, 2.75) is 52.0 Å². The monoisotopic (exact) mass is 287 g/mol. The van der Waals surface area contributed by atoms with Gasteiger partial charge in [0.05, 0.1) is 0 Å². The van der Waals surface area contributed by atoms with Crippen LogP contribution in [0.25, 0.3) is 0 Å². The van der Waals surface area contributed by atoms with Crippen molar-refractivity contribution in [1.82, 2.24) is 0 Å². The average molecular weight is 287 g/mol. The second-order valence-electron chi connectivity index (χ2n) is 7.99. The number of rotatable bonds is 2. The summed E-state index contributed by atoms with van der Waals surface area (Å²) in [4.78, 5) is 0. The summed E-state index contributed by atoms with van der Waals surface area (Å²) >= 11 is 0. The lowest BCUT2D eigenvalue weighted by Crippen LogP contribution is -2.48. The molecule has 1 unspecified atom stereocenters. The molecule has 0 amide bonds. The summed E-state index contributed by atoms with van der Waals surface area (Å²) in [6.45, 7) is 4.03. The predicted molar refractivity (Wildman–Crippen MR) is 83.3 cm³/mol. The number of aryl methyl sites for hydroxylation is 2. The van der Waals surface area contributed by atoms with E-state index in [1.807, 2.05) is 13.8 Å². The van der Waals surface area contributed by atoms with Crippen LogP contribution in [-0.2, 0) is 0 Å². The fourth-order valence-electron chi connectivity index (χ4n) is 6.19. The van der Waals surface area contributed by atoms with E-state index < -0.39 is 0 Å². The van der Waals surface area contributed by atoms with E-state index in [1.165, 1.54) is 37.7 Å². The minimum atomic E-state index is -0.133. The van der Waals surface area contributed by atoms with Crippen LogP contribution in [0.2, 0.25) is 0 Å². The predicted octanol–water partition coefficient (Wildman–Crippen LogP) is 4.51. The van der Waals surface area contributed by atoms with Gasteiger partial charge in [-0.05, 0) is 104 Å². The molecule has 4 bridgehead atoms. The molecule has 0 saturated heterocycles. The van der Waals surface area contributed by atoms with Crippen molar-refractivity contribution in [2.24, 2.45) is 35.3 Å². The zero-order chi connectivity index (χ0) is 14.7. The van der Waals surface area contributed by atoms with Gasteiger partial charge in [-0.2, -0.15) is 0 Å². The van der Waals surface area contributed by atoms with Gasteiger partial charge in [-0.1, -0.05) is 0 Å². The van der Waals surface area contributed by atoms with Crippen molar-refractivity contribution in [3.63, 3.8) is 0 Å². The number of hydrogen-bond acceptors (Lipinski definition) is 1. The van der Waals surface area contributed by atoms with Gasteiger partial charge in [0.15, 0.2) is 0 Å². The minimum Gasteiger partial charge on any atom is -0.324 e. The topological polar surface area (TPSA) is 26.0 Å². The molecule has 5 rings (SSSR count). The first-order chi connectivity index (χ1) is 10.0. The Hall–Kier alpha value is -0.890. The summed E-state index contributed by atoms with van der Waals surface area (Å²) in [6.07, 6.45) is 7.05. The molecule has 2 N–H and O–H groups in total. The number of hydrogen-bond donors (Lipinski definition) is 1. The van der Waals surface area contributed by atoms with E-state index in [1.54, 1.807) is 12.1 Å². The van der Waals surface area contributed by atoms with Gasteiger partial charge in [-0.25, -0.2) is 4.39 Å². The third-order valence-electron chi connectivity index (χ3n) is 6.61. The molecule has 1 aromatic carbocycles. The third-order valence-corrected chi connectivity index (χ3v) is 6.61. The van der Waals surface area contributed by atoms with Gasteiger partial charge in [0.25, 0.3) is 0 Å². The minimum absolute atomic E-state index is 0.0978. The van der Waals surface area contributed by atoms with Gasteiger partial charge in [0.1, 0.15) is 5.82 Å². The summed E-state index contributed by atoms with van der Waals surface area (Å²) in [5.74, 6) is 4.09. The smallest absolute Gasteiger partial charge is 0.123 e. The lowest BCUT2D eigenvalue weighted by atomic mass is 9.50. The van der Waals surface area contributed by atoms with E-state index in [-0.39, 0.29) is 11.9 Å². The normalized spacial score (nSPS) is 38.8. The number of benzene rings is 1. The molecular formula is C19H26FN. The molecule has 0 spiro atoms. The molecule has 0 aliphatic heterocycles. The number of halogens is 1. The Balaban J connectivity index is 1.68. The fraction of sp³-hybridized carbons (Fsp3) is 0.684. The highest BCUT2D eigenvalue weighted by Gasteiger charge is 2.50. The van der Waals surface area contributed by atoms with Crippen LogP contribution in [0.4, 0.5) is 4.39 Å². The van der Waals surface area contributed by atoms with Crippen molar-refractivity contribution < 1.29 is 4.39 Å². The Morgan fingerprint density at radius 3 is 1.90 bits per heavy atom. The highest BCUT2D eigenvalue weighted by atomic mass is 19.1.